The Morgan fingerprint density at radius 3 is 1.92 bits per heavy atom. The normalized spacial score (nSPS) is 32.5. The first kappa shape index (κ1) is 15.7. The monoisotopic (exact) mass is 330 g/mol. The molecule has 126 valence electrons. The highest BCUT2D eigenvalue weighted by Crippen LogP contribution is 2.55. The number of halogens is 2. The van der Waals surface area contributed by atoms with Gasteiger partial charge in [0.2, 0.25) is 0 Å². The Hall–Kier alpha value is -1.78. The van der Waals surface area contributed by atoms with E-state index >= 15 is 0 Å². The maximum absolute atomic E-state index is 13.3. The van der Waals surface area contributed by atoms with Crippen LogP contribution in [0.25, 0.3) is 0 Å². The lowest BCUT2D eigenvalue weighted by molar-refractivity contribution is -0.449. The van der Waals surface area contributed by atoms with Gasteiger partial charge in [-0.1, -0.05) is 31.2 Å². The van der Waals surface area contributed by atoms with Crippen molar-refractivity contribution in [1.82, 2.24) is 0 Å². The molecule has 2 bridgehead atoms. The SMILES string of the molecule is CC1CC[C@@]2(c3ccc(F)cc3)CC[C@]1(c1ccc(F)cc1)OO2. The zero-order chi connectivity index (χ0) is 16.8. The van der Waals surface area contributed by atoms with E-state index in [1.807, 2.05) is 0 Å². The summed E-state index contributed by atoms with van der Waals surface area (Å²) in [6.07, 6.45) is 3.33. The van der Waals surface area contributed by atoms with E-state index < -0.39 is 11.2 Å². The van der Waals surface area contributed by atoms with Gasteiger partial charge in [0.1, 0.15) is 22.8 Å². The Kier molecular flexibility index (Phi) is 3.70. The molecule has 4 heteroatoms. The first-order valence-electron chi connectivity index (χ1n) is 8.43. The predicted molar refractivity (Wildman–Crippen MR) is 86.0 cm³/mol. The number of benzene rings is 2. The van der Waals surface area contributed by atoms with Crippen molar-refractivity contribution in [1.29, 1.82) is 0 Å². The van der Waals surface area contributed by atoms with E-state index in [4.69, 9.17) is 9.78 Å². The summed E-state index contributed by atoms with van der Waals surface area (Å²) in [5, 5.41) is 0. The lowest BCUT2D eigenvalue weighted by Gasteiger charge is -2.43. The van der Waals surface area contributed by atoms with Gasteiger partial charge < -0.3 is 0 Å². The van der Waals surface area contributed by atoms with Crippen LogP contribution in [0.5, 0.6) is 0 Å². The molecule has 2 saturated heterocycles. The second-order valence-electron chi connectivity index (χ2n) is 7.00. The van der Waals surface area contributed by atoms with Gasteiger partial charge >= 0.3 is 0 Å². The predicted octanol–water partition coefficient (Wildman–Crippen LogP) is 5.23. The fraction of sp³-hybridized carbons (Fsp3) is 0.400. The Balaban J connectivity index is 1.69. The zero-order valence-corrected chi connectivity index (χ0v) is 13.6. The van der Waals surface area contributed by atoms with Gasteiger partial charge in [0.15, 0.2) is 0 Å². The Bertz CT molecular complexity index is 716. The Morgan fingerprint density at radius 2 is 1.38 bits per heavy atom. The molecular formula is C20H20F2O2. The van der Waals surface area contributed by atoms with Crippen molar-refractivity contribution in [2.75, 3.05) is 0 Å². The smallest absolute Gasteiger partial charge is 0.131 e. The number of rotatable bonds is 2. The molecule has 2 heterocycles. The Morgan fingerprint density at radius 1 is 0.792 bits per heavy atom. The van der Waals surface area contributed by atoms with Crippen molar-refractivity contribution in [3.8, 4) is 0 Å². The molecule has 1 saturated carbocycles. The molecule has 0 radical (unpaired) electrons. The molecular weight excluding hydrogens is 310 g/mol. The number of hydrogen-bond donors (Lipinski definition) is 0. The molecule has 3 atom stereocenters. The highest BCUT2D eigenvalue weighted by atomic mass is 19.1. The summed E-state index contributed by atoms with van der Waals surface area (Å²) in [5.41, 5.74) is 0.826. The molecule has 24 heavy (non-hydrogen) atoms. The summed E-state index contributed by atoms with van der Waals surface area (Å²) in [4.78, 5) is 12.0. The fourth-order valence-corrected chi connectivity index (χ4v) is 4.10. The topological polar surface area (TPSA) is 18.5 Å². The highest BCUT2D eigenvalue weighted by molar-refractivity contribution is 5.29. The summed E-state index contributed by atoms with van der Waals surface area (Å²) < 4.78 is 26.5. The van der Waals surface area contributed by atoms with E-state index in [0.29, 0.717) is 0 Å². The first-order chi connectivity index (χ1) is 11.5. The molecule has 5 rings (SSSR count). The summed E-state index contributed by atoms with van der Waals surface area (Å²) in [7, 11) is 0. The van der Waals surface area contributed by atoms with Crippen molar-refractivity contribution < 1.29 is 18.6 Å². The van der Waals surface area contributed by atoms with E-state index in [-0.39, 0.29) is 17.6 Å². The summed E-state index contributed by atoms with van der Waals surface area (Å²) in [6.45, 7) is 2.15. The van der Waals surface area contributed by atoms with Crippen LogP contribution in [-0.4, -0.2) is 0 Å². The average Bonchev–Trinajstić information content (AvgIpc) is 2.84. The molecule has 3 aliphatic rings. The number of hydrogen-bond acceptors (Lipinski definition) is 2. The van der Waals surface area contributed by atoms with Crippen LogP contribution >= 0.6 is 0 Å². The van der Waals surface area contributed by atoms with Crippen LogP contribution in [0.2, 0.25) is 0 Å². The number of fused-ring (bicyclic) bond motifs is 4. The largest absolute Gasteiger partial charge is 0.224 e. The lowest BCUT2D eigenvalue weighted by Crippen LogP contribution is -2.43. The van der Waals surface area contributed by atoms with E-state index in [2.05, 4.69) is 6.92 Å². The molecule has 2 aromatic carbocycles. The third-order valence-corrected chi connectivity index (χ3v) is 5.73. The minimum Gasteiger partial charge on any atom is -0.224 e. The van der Waals surface area contributed by atoms with Crippen LogP contribution in [-0.2, 0) is 21.0 Å². The first-order valence-corrected chi connectivity index (χ1v) is 8.43. The van der Waals surface area contributed by atoms with Gasteiger partial charge in [0, 0.05) is 0 Å². The van der Waals surface area contributed by atoms with Crippen LogP contribution < -0.4 is 0 Å². The fourth-order valence-electron chi connectivity index (χ4n) is 4.10. The molecule has 1 unspecified atom stereocenters. The highest BCUT2D eigenvalue weighted by Gasteiger charge is 2.53. The van der Waals surface area contributed by atoms with Gasteiger partial charge in [-0.2, -0.15) is 0 Å². The summed E-state index contributed by atoms with van der Waals surface area (Å²) in [5.74, 6) is -0.267. The maximum atomic E-state index is 13.3. The van der Waals surface area contributed by atoms with Crippen LogP contribution in [0.15, 0.2) is 48.5 Å². The molecule has 0 spiro atoms. The molecule has 0 amide bonds. The quantitative estimate of drug-likeness (QED) is 0.702. The summed E-state index contributed by atoms with van der Waals surface area (Å²) >= 11 is 0. The summed E-state index contributed by atoms with van der Waals surface area (Å²) in [6, 6.07) is 13.0. The van der Waals surface area contributed by atoms with Crippen molar-refractivity contribution in [3.63, 3.8) is 0 Å². The van der Waals surface area contributed by atoms with Gasteiger partial charge in [0.25, 0.3) is 0 Å². The molecule has 2 aromatic rings. The maximum Gasteiger partial charge on any atom is 0.131 e. The van der Waals surface area contributed by atoms with E-state index in [1.54, 1.807) is 24.3 Å². The Labute approximate surface area is 140 Å². The van der Waals surface area contributed by atoms with Gasteiger partial charge in [-0.15, -0.1) is 0 Å². The molecule has 2 aliphatic heterocycles. The lowest BCUT2D eigenvalue weighted by atomic mass is 9.78. The molecule has 0 N–H and O–H groups in total. The van der Waals surface area contributed by atoms with Gasteiger partial charge in [0.05, 0.1) is 0 Å². The van der Waals surface area contributed by atoms with Gasteiger partial charge in [-0.05, 0) is 67.0 Å². The second kappa shape index (κ2) is 5.64. The standard InChI is InChI=1S/C20H20F2O2/c1-14-10-11-19(15-2-6-17(21)7-3-15)12-13-20(14,24-23-19)16-4-8-18(22)9-5-16/h2-9,14H,10-13H2,1H3/t14?,19-,20-/m0/s1. The van der Waals surface area contributed by atoms with Gasteiger partial charge in [-0.3, -0.25) is 0 Å². The third kappa shape index (κ3) is 2.36. The van der Waals surface area contributed by atoms with Crippen LogP contribution in [0.4, 0.5) is 8.78 Å². The molecule has 1 aliphatic carbocycles. The molecule has 3 fully saturated rings. The van der Waals surface area contributed by atoms with E-state index in [1.165, 1.54) is 24.3 Å². The van der Waals surface area contributed by atoms with Crippen molar-refractivity contribution in [2.24, 2.45) is 5.92 Å². The van der Waals surface area contributed by atoms with Crippen molar-refractivity contribution in [3.05, 3.63) is 71.3 Å². The van der Waals surface area contributed by atoms with Crippen LogP contribution in [0.1, 0.15) is 43.7 Å². The van der Waals surface area contributed by atoms with Crippen molar-refractivity contribution in [2.45, 2.75) is 43.8 Å². The minimum atomic E-state index is -0.548. The average molecular weight is 330 g/mol. The molecule has 2 nitrogen and oxygen atoms in total. The molecule has 0 aromatic heterocycles. The van der Waals surface area contributed by atoms with Crippen LogP contribution in [0.3, 0.4) is 0 Å². The van der Waals surface area contributed by atoms with Gasteiger partial charge in [-0.25, -0.2) is 18.6 Å². The van der Waals surface area contributed by atoms with E-state index in [0.717, 1.165) is 36.8 Å². The van der Waals surface area contributed by atoms with Crippen molar-refractivity contribution >= 4 is 0 Å². The second-order valence-corrected chi connectivity index (χ2v) is 7.00. The van der Waals surface area contributed by atoms with Crippen LogP contribution in [0, 0.1) is 17.6 Å². The minimum absolute atomic E-state index is 0.243. The third-order valence-electron chi connectivity index (χ3n) is 5.73. The zero-order valence-electron chi connectivity index (χ0n) is 13.6. The van der Waals surface area contributed by atoms with E-state index in [9.17, 15) is 8.78 Å².